The molecule has 0 saturated carbocycles. The van der Waals surface area contributed by atoms with Crippen LogP contribution in [0.4, 0.5) is 14.5 Å². The summed E-state index contributed by atoms with van der Waals surface area (Å²) in [6, 6.07) is 14.7. The number of ether oxygens (including phenoxy) is 2. The molecule has 0 radical (unpaired) electrons. The third-order valence-electron chi connectivity index (χ3n) is 3.67. The van der Waals surface area contributed by atoms with Gasteiger partial charge in [-0.25, -0.2) is 0 Å². The van der Waals surface area contributed by atoms with Crippen LogP contribution >= 0.6 is 0 Å². The van der Waals surface area contributed by atoms with Gasteiger partial charge in [-0.3, -0.25) is 14.4 Å². The van der Waals surface area contributed by atoms with E-state index in [1.165, 1.54) is 37.3 Å². The number of esters is 1. The van der Waals surface area contributed by atoms with Crippen LogP contribution in [0.15, 0.2) is 60.7 Å². The van der Waals surface area contributed by atoms with Crippen LogP contribution in [0.3, 0.4) is 0 Å². The monoisotopic (exact) mass is 418 g/mol. The van der Waals surface area contributed by atoms with Crippen molar-refractivity contribution in [1.82, 2.24) is 5.32 Å². The van der Waals surface area contributed by atoms with Crippen LogP contribution in [0.2, 0.25) is 0 Å². The minimum absolute atomic E-state index is 0.00468. The first-order valence-electron chi connectivity index (χ1n) is 8.90. The van der Waals surface area contributed by atoms with Gasteiger partial charge in [0.25, 0.3) is 5.91 Å². The van der Waals surface area contributed by atoms with Gasteiger partial charge in [0.15, 0.2) is 6.10 Å². The average Bonchev–Trinajstić information content (AvgIpc) is 2.72. The van der Waals surface area contributed by atoms with E-state index in [-0.39, 0.29) is 11.4 Å². The zero-order valence-electron chi connectivity index (χ0n) is 16.0. The molecular formula is C21H20F2N2O5. The molecule has 2 aromatic carbocycles. The summed E-state index contributed by atoms with van der Waals surface area (Å²) in [5.74, 6) is -2.32. The van der Waals surface area contributed by atoms with Crippen molar-refractivity contribution in [2.24, 2.45) is 0 Å². The van der Waals surface area contributed by atoms with Gasteiger partial charge in [-0.05, 0) is 30.7 Å². The Labute approximate surface area is 171 Å². The standard InChI is InChI=1S/C21H20F2N2O5/c1-14(20(28)25-16-9-5-6-10-17(16)30-21(22)23)29-19(27)13-24-18(26)12-11-15-7-3-2-4-8-15/h2-12,14,21H,13H2,1H3,(H,24,26)(H,25,28)/b12-11+/t14-/m0/s1. The molecule has 0 heterocycles. The van der Waals surface area contributed by atoms with Crippen LogP contribution in [-0.2, 0) is 19.1 Å². The maximum absolute atomic E-state index is 12.4. The molecule has 0 unspecified atom stereocenters. The van der Waals surface area contributed by atoms with Crippen molar-refractivity contribution in [1.29, 1.82) is 0 Å². The van der Waals surface area contributed by atoms with Gasteiger partial charge in [0.2, 0.25) is 5.91 Å². The van der Waals surface area contributed by atoms with Crippen molar-refractivity contribution >= 4 is 29.5 Å². The summed E-state index contributed by atoms with van der Waals surface area (Å²) in [5.41, 5.74) is 0.821. The molecule has 0 spiro atoms. The summed E-state index contributed by atoms with van der Waals surface area (Å²) in [6.07, 6.45) is 1.61. The van der Waals surface area contributed by atoms with Crippen molar-refractivity contribution in [3.63, 3.8) is 0 Å². The molecule has 2 rings (SSSR count). The first-order chi connectivity index (χ1) is 14.3. The first-order valence-corrected chi connectivity index (χ1v) is 8.90. The molecule has 0 aliphatic carbocycles. The minimum atomic E-state index is -3.06. The molecule has 0 aliphatic heterocycles. The Hall–Kier alpha value is -3.75. The molecule has 2 N–H and O–H groups in total. The van der Waals surface area contributed by atoms with E-state index >= 15 is 0 Å². The lowest BCUT2D eigenvalue weighted by atomic mass is 10.2. The van der Waals surface area contributed by atoms with E-state index in [0.717, 1.165) is 5.56 Å². The molecule has 0 aromatic heterocycles. The van der Waals surface area contributed by atoms with E-state index in [1.54, 1.807) is 6.08 Å². The number of benzene rings is 2. The van der Waals surface area contributed by atoms with Gasteiger partial charge in [-0.1, -0.05) is 42.5 Å². The van der Waals surface area contributed by atoms with Gasteiger partial charge in [0.1, 0.15) is 12.3 Å². The molecule has 2 aromatic rings. The van der Waals surface area contributed by atoms with Crippen LogP contribution in [0.25, 0.3) is 6.08 Å². The highest BCUT2D eigenvalue weighted by Crippen LogP contribution is 2.25. The van der Waals surface area contributed by atoms with Crippen LogP contribution in [0.1, 0.15) is 12.5 Å². The normalized spacial score (nSPS) is 11.7. The second-order valence-electron chi connectivity index (χ2n) is 5.96. The number of para-hydroxylation sites is 2. The smallest absolute Gasteiger partial charge is 0.387 e. The van der Waals surface area contributed by atoms with E-state index in [2.05, 4.69) is 15.4 Å². The predicted molar refractivity (Wildman–Crippen MR) is 106 cm³/mol. The van der Waals surface area contributed by atoms with Gasteiger partial charge in [-0.15, -0.1) is 0 Å². The Morgan fingerprint density at radius 3 is 2.40 bits per heavy atom. The van der Waals surface area contributed by atoms with Crippen LogP contribution < -0.4 is 15.4 Å². The topological polar surface area (TPSA) is 93.7 Å². The number of amides is 2. The van der Waals surface area contributed by atoms with E-state index in [4.69, 9.17) is 4.74 Å². The Kier molecular flexibility index (Phi) is 8.49. The second kappa shape index (κ2) is 11.3. The quantitative estimate of drug-likeness (QED) is 0.482. The SMILES string of the molecule is C[C@H](OC(=O)CNC(=O)/C=C/c1ccccc1)C(=O)Nc1ccccc1OC(F)F. The van der Waals surface area contributed by atoms with Crippen LogP contribution in [0.5, 0.6) is 5.75 Å². The number of halogens is 2. The highest BCUT2D eigenvalue weighted by molar-refractivity contribution is 5.97. The Balaban J connectivity index is 1.80. The molecular weight excluding hydrogens is 398 g/mol. The maximum Gasteiger partial charge on any atom is 0.387 e. The summed E-state index contributed by atoms with van der Waals surface area (Å²) in [7, 11) is 0. The number of anilines is 1. The fraction of sp³-hybridized carbons (Fsp3) is 0.190. The van der Waals surface area contributed by atoms with Crippen molar-refractivity contribution in [2.75, 3.05) is 11.9 Å². The zero-order valence-corrected chi connectivity index (χ0v) is 16.0. The fourth-order valence-corrected chi connectivity index (χ4v) is 2.25. The summed E-state index contributed by atoms with van der Waals surface area (Å²) in [5, 5.41) is 4.69. The third-order valence-corrected chi connectivity index (χ3v) is 3.67. The molecule has 0 bridgehead atoms. The van der Waals surface area contributed by atoms with Crippen molar-refractivity contribution in [3.05, 3.63) is 66.2 Å². The zero-order chi connectivity index (χ0) is 21.9. The molecule has 30 heavy (non-hydrogen) atoms. The summed E-state index contributed by atoms with van der Waals surface area (Å²) in [4.78, 5) is 35.7. The lowest BCUT2D eigenvalue weighted by Crippen LogP contribution is -2.35. The number of hydrogen-bond acceptors (Lipinski definition) is 5. The Morgan fingerprint density at radius 1 is 1.03 bits per heavy atom. The lowest BCUT2D eigenvalue weighted by Gasteiger charge is -2.15. The minimum Gasteiger partial charge on any atom is -0.451 e. The van der Waals surface area contributed by atoms with Gasteiger partial charge in [-0.2, -0.15) is 8.78 Å². The van der Waals surface area contributed by atoms with Crippen LogP contribution in [0, 0.1) is 0 Å². The molecule has 0 aliphatic rings. The number of carbonyl (C=O) groups excluding carboxylic acids is 3. The lowest BCUT2D eigenvalue weighted by molar-refractivity contribution is -0.152. The number of rotatable bonds is 9. The average molecular weight is 418 g/mol. The largest absolute Gasteiger partial charge is 0.451 e. The summed E-state index contributed by atoms with van der Waals surface area (Å²) >= 11 is 0. The van der Waals surface area contributed by atoms with Gasteiger partial charge >= 0.3 is 12.6 Å². The second-order valence-corrected chi connectivity index (χ2v) is 5.96. The fourth-order valence-electron chi connectivity index (χ4n) is 2.25. The highest BCUT2D eigenvalue weighted by atomic mass is 19.3. The summed E-state index contributed by atoms with van der Waals surface area (Å²) < 4.78 is 34.1. The van der Waals surface area contributed by atoms with Gasteiger partial charge < -0.3 is 20.1 Å². The van der Waals surface area contributed by atoms with Crippen molar-refractivity contribution < 1.29 is 32.6 Å². The molecule has 7 nitrogen and oxygen atoms in total. The number of hydrogen-bond donors (Lipinski definition) is 2. The van der Waals surface area contributed by atoms with Gasteiger partial charge in [0, 0.05) is 6.08 Å². The Morgan fingerprint density at radius 2 is 1.70 bits per heavy atom. The van der Waals surface area contributed by atoms with E-state index < -0.39 is 37.0 Å². The molecule has 0 fully saturated rings. The third kappa shape index (κ3) is 7.70. The highest BCUT2D eigenvalue weighted by Gasteiger charge is 2.20. The van der Waals surface area contributed by atoms with E-state index in [0.29, 0.717) is 0 Å². The molecule has 1 atom stereocenters. The molecule has 0 saturated heterocycles. The van der Waals surface area contributed by atoms with E-state index in [1.807, 2.05) is 30.3 Å². The summed E-state index contributed by atoms with van der Waals surface area (Å²) in [6.45, 7) is -2.19. The Bertz CT molecular complexity index is 903. The molecule has 158 valence electrons. The molecule has 2 amide bonds. The maximum atomic E-state index is 12.4. The number of alkyl halides is 2. The van der Waals surface area contributed by atoms with Crippen molar-refractivity contribution in [2.45, 2.75) is 19.6 Å². The van der Waals surface area contributed by atoms with Crippen LogP contribution in [-0.4, -0.2) is 37.0 Å². The first kappa shape index (κ1) is 22.5. The number of carbonyl (C=O) groups is 3. The molecule has 9 heteroatoms. The van der Waals surface area contributed by atoms with E-state index in [9.17, 15) is 23.2 Å². The number of nitrogens with one attached hydrogen (secondary N) is 2. The van der Waals surface area contributed by atoms with Gasteiger partial charge in [0.05, 0.1) is 5.69 Å². The van der Waals surface area contributed by atoms with Crippen molar-refractivity contribution in [3.8, 4) is 5.75 Å². The predicted octanol–water partition coefficient (Wildman–Crippen LogP) is 2.99.